The molecular weight excluding hydrogens is 410 g/mol. The first-order chi connectivity index (χ1) is 16.1. The Morgan fingerprint density at radius 2 is 1.27 bits per heavy atom. The van der Waals surface area contributed by atoms with Gasteiger partial charge in [0.1, 0.15) is 0 Å². The van der Waals surface area contributed by atoms with Gasteiger partial charge in [0.15, 0.2) is 0 Å². The molecule has 1 aromatic carbocycles. The molecular formula is C28H49N3O2. The molecule has 0 saturated heterocycles. The van der Waals surface area contributed by atoms with Crippen LogP contribution in [0.15, 0.2) is 18.2 Å². The molecule has 0 unspecified atom stereocenters. The molecule has 0 aromatic heterocycles. The number of unbranched alkanes of at least 4 members (excludes halogenated alkanes) is 13. The smallest absolute Gasteiger partial charge is 0.239 e. The van der Waals surface area contributed by atoms with E-state index in [1.807, 2.05) is 32.0 Å². The molecule has 0 bridgehead atoms. The molecule has 1 aromatic rings. The van der Waals surface area contributed by atoms with Gasteiger partial charge in [0.25, 0.3) is 0 Å². The summed E-state index contributed by atoms with van der Waals surface area (Å²) in [5.41, 5.74) is 2.62. The summed E-state index contributed by atoms with van der Waals surface area (Å²) < 4.78 is 0. The fraction of sp³-hybridized carbons (Fsp3) is 0.714. The summed E-state index contributed by atoms with van der Waals surface area (Å²) in [5.74, 6) is -0.00873. The molecule has 0 radical (unpaired) electrons. The maximum atomic E-state index is 12.1. The van der Waals surface area contributed by atoms with Crippen LogP contribution in [0.25, 0.3) is 0 Å². The number of rotatable bonds is 20. The van der Waals surface area contributed by atoms with E-state index in [1.165, 1.54) is 83.5 Å². The third-order valence-electron chi connectivity index (χ3n) is 6.14. The van der Waals surface area contributed by atoms with Gasteiger partial charge < -0.3 is 16.0 Å². The van der Waals surface area contributed by atoms with Gasteiger partial charge in [-0.1, -0.05) is 103 Å². The van der Waals surface area contributed by atoms with Gasteiger partial charge in [0.05, 0.1) is 6.54 Å². The second-order valence-corrected chi connectivity index (χ2v) is 9.23. The Balaban J connectivity index is 1.98. The Morgan fingerprint density at radius 1 is 0.727 bits per heavy atom. The van der Waals surface area contributed by atoms with Crippen LogP contribution in [-0.2, 0) is 9.59 Å². The SMILES string of the molecule is CCCCCCCCCCCCCCCCNC(=O)CNc1ccc(C)c(NC(=O)CC)c1. The molecule has 33 heavy (non-hydrogen) atoms. The second-order valence-electron chi connectivity index (χ2n) is 9.23. The zero-order valence-electron chi connectivity index (χ0n) is 21.6. The molecule has 5 nitrogen and oxygen atoms in total. The number of aryl methyl sites for hydroxylation is 1. The van der Waals surface area contributed by atoms with Crippen LogP contribution < -0.4 is 16.0 Å². The van der Waals surface area contributed by atoms with Gasteiger partial charge in [-0.2, -0.15) is 0 Å². The minimum Gasteiger partial charge on any atom is -0.376 e. The molecule has 0 heterocycles. The van der Waals surface area contributed by atoms with Crippen LogP contribution in [0.2, 0.25) is 0 Å². The summed E-state index contributed by atoms with van der Waals surface area (Å²) in [4.78, 5) is 23.7. The van der Waals surface area contributed by atoms with E-state index in [1.54, 1.807) is 0 Å². The zero-order valence-corrected chi connectivity index (χ0v) is 21.6. The number of nitrogens with one attached hydrogen (secondary N) is 3. The molecule has 2 amide bonds. The van der Waals surface area contributed by atoms with E-state index >= 15 is 0 Å². The molecule has 0 spiro atoms. The number of benzene rings is 1. The number of hydrogen-bond donors (Lipinski definition) is 3. The summed E-state index contributed by atoms with van der Waals surface area (Å²) in [6.07, 6.45) is 19.2. The van der Waals surface area contributed by atoms with Crippen LogP contribution in [-0.4, -0.2) is 24.9 Å². The van der Waals surface area contributed by atoms with Crippen molar-refractivity contribution in [1.29, 1.82) is 0 Å². The second kappa shape index (κ2) is 19.4. The zero-order chi connectivity index (χ0) is 24.2. The van der Waals surface area contributed by atoms with Crippen LogP contribution in [0, 0.1) is 6.92 Å². The molecule has 0 saturated carbocycles. The van der Waals surface area contributed by atoms with Crippen molar-refractivity contribution in [3.8, 4) is 0 Å². The van der Waals surface area contributed by atoms with E-state index in [9.17, 15) is 9.59 Å². The summed E-state index contributed by atoms with van der Waals surface area (Å²) in [6.45, 7) is 7.04. The Hall–Kier alpha value is -2.04. The standard InChI is InChI=1S/C28H49N3O2/c1-4-6-7-8-9-10-11-12-13-14-15-16-17-18-21-29-28(33)23-30-25-20-19-24(3)26(22-25)31-27(32)5-2/h19-20,22,30H,4-18,21,23H2,1-3H3,(H,29,33)(H,31,32). The van der Waals surface area contributed by atoms with E-state index in [-0.39, 0.29) is 18.4 Å². The first-order valence-electron chi connectivity index (χ1n) is 13.5. The number of anilines is 2. The molecule has 3 N–H and O–H groups in total. The minimum atomic E-state index is -0.0128. The summed E-state index contributed by atoms with van der Waals surface area (Å²) in [6, 6.07) is 5.75. The van der Waals surface area contributed by atoms with Gasteiger partial charge in [-0.25, -0.2) is 0 Å². The van der Waals surface area contributed by atoms with Crippen molar-refractivity contribution in [1.82, 2.24) is 5.32 Å². The maximum Gasteiger partial charge on any atom is 0.239 e. The summed E-state index contributed by atoms with van der Waals surface area (Å²) in [7, 11) is 0. The highest BCUT2D eigenvalue weighted by atomic mass is 16.2. The van der Waals surface area contributed by atoms with Gasteiger partial charge in [0, 0.05) is 24.3 Å². The molecule has 1 rings (SSSR count). The number of carbonyl (C=O) groups is 2. The van der Waals surface area contributed by atoms with Crippen molar-refractivity contribution in [2.24, 2.45) is 0 Å². The Morgan fingerprint density at radius 3 is 1.82 bits per heavy atom. The monoisotopic (exact) mass is 459 g/mol. The van der Waals surface area contributed by atoms with E-state index in [4.69, 9.17) is 0 Å². The average molecular weight is 460 g/mol. The number of carbonyl (C=O) groups excluding carboxylic acids is 2. The van der Waals surface area contributed by atoms with Crippen molar-refractivity contribution in [2.75, 3.05) is 23.7 Å². The first kappa shape index (κ1) is 29.0. The van der Waals surface area contributed by atoms with Crippen molar-refractivity contribution >= 4 is 23.2 Å². The van der Waals surface area contributed by atoms with Gasteiger partial charge in [-0.3, -0.25) is 9.59 Å². The van der Waals surface area contributed by atoms with Crippen LogP contribution in [0.4, 0.5) is 11.4 Å². The molecule has 0 aliphatic carbocycles. The van der Waals surface area contributed by atoms with Crippen LogP contribution in [0.1, 0.15) is 116 Å². The lowest BCUT2D eigenvalue weighted by molar-refractivity contribution is -0.119. The molecule has 0 atom stereocenters. The van der Waals surface area contributed by atoms with E-state index in [0.717, 1.165) is 29.9 Å². The minimum absolute atomic E-state index is 0.00409. The highest BCUT2D eigenvalue weighted by Crippen LogP contribution is 2.20. The van der Waals surface area contributed by atoms with Crippen LogP contribution in [0.5, 0.6) is 0 Å². The number of hydrogen-bond acceptors (Lipinski definition) is 3. The highest BCUT2D eigenvalue weighted by molar-refractivity contribution is 5.92. The Bertz CT molecular complexity index is 661. The van der Waals surface area contributed by atoms with E-state index in [2.05, 4.69) is 22.9 Å². The average Bonchev–Trinajstić information content (AvgIpc) is 2.81. The van der Waals surface area contributed by atoms with Crippen molar-refractivity contribution < 1.29 is 9.59 Å². The first-order valence-corrected chi connectivity index (χ1v) is 13.5. The maximum absolute atomic E-state index is 12.1. The molecule has 188 valence electrons. The summed E-state index contributed by atoms with van der Waals surface area (Å²) >= 11 is 0. The lowest BCUT2D eigenvalue weighted by Gasteiger charge is -2.12. The molecule has 0 fully saturated rings. The van der Waals surface area contributed by atoms with E-state index in [0.29, 0.717) is 6.42 Å². The van der Waals surface area contributed by atoms with Gasteiger partial charge >= 0.3 is 0 Å². The van der Waals surface area contributed by atoms with Crippen molar-refractivity contribution in [3.05, 3.63) is 23.8 Å². The Labute approximate surface area is 202 Å². The quantitative estimate of drug-likeness (QED) is 0.178. The third kappa shape index (κ3) is 15.4. The van der Waals surface area contributed by atoms with Crippen molar-refractivity contribution in [2.45, 2.75) is 117 Å². The fourth-order valence-electron chi connectivity index (χ4n) is 3.90. The normalized spacial score (nSPS) is 10.8. The number of amides is 2. The molecule has 0 aliphatic rings. The molecule has 0 aliphatic heterocycles. The van der Waals surface area contributed by atoms with Crippen LogP contribution in [0.3, 0.4) is 0 Å². The fourth-order valence-corrected chi connectivity index (χ4v) is 3.90. The third-order valence-corrected chi connectivity index (χ3v) is 6.14. The lowest BCUT2D eigenvalue weighted by Crippen LogP contribution is -2.30. The summed E-state index contributed by atoms with van der Waals surface area (Å²) in [5, 5.41) is 9.03. The van der Waals surface area contributed by atoms with Crippen molar-refractivity contribution in [3.63, 3.8) is 0 Å². The lowest BCUT2D eigenvalue weighted by atomic mass is 10.0. The van der Waals surface area contributed by atoms with Gasteiger partial charge in [-0.05, 0) is 31.0 Å². The van der Waals surface area contributed by atoms with Gasteiger partial charge in [0.2, 0.25) is 11.8 Å². The van der Waals surface area contributed by atoms with Crippen LogP contribution >= 0.6 is 0 Å². The predicted molar refractivity (Wildman–Crippen MR) is 142 cm³/mol. The Kier molecular flexibility index (Phi) is 17.1. The van der Waals surface area contributed by atoms with Gasteiger partial charge in [-0.15, -0.1) is 0 Å². The topological polar surface area (TPSA) is 70.2 Å². The molecule has 5 heteroatoms. The predicted octanol–water partition coefficient (Wildman–Crippen LogP) is 7.35. The van der Waals surface area contributed by atoms with E-state index < -0.39 is 0 Å². The highest BCUT2D eigenvalue weighted by Gasteiger charge is 2.06. The largest absolute Gasteiger partial charge is 0.376 e.